The first-order chi connectivity index (χ1) is 57.0. The van der Waals surface area contributed by atoms with Crippen LogP contribution in [0.4, 0.5) is 0 Å². The molecule has 0 N–H and O–H groups in total. The Kier molecular flexibility index (Phi) is 17.8. The van der Waals surface area contributed by atoms with Gasteiger partial charge < -0.3 is 0 Å². The van der Waals surface area contributed by atoms with Gasteiger partial charge in [0.1, 0.15) is 0 Å². The van der Waals surface area contributed by atoms with E-state index in [1.807, 2.05) is 66.7 Å². The molecule has 8 heteroatoms. The largest absolute Gasteiger partial charge is 0.248 e. The fourth-order valence-corrected chi connectivity index (χ4v) is 17.1. The number of aromatic nitrogens is 8. The van der Waals surface area contributed by atoms with E-state index < -0.39 is 0 Å². The van der Waals surface area contributed by atoms with E-state index in [1.165, 1.54) is 50.1 Å². The van der Waals surface area contributed by atoms with Crippen LogP contribution in [-0.4, -0.2) is 39.9 Å². The molecule has 2 aliphatic carbocycles. The summed E-state index contributed by atoms with van der Waals surface area (Å²) in [7, 11) is 0. The van der Waals surface area contributed by atoms with Crippen LogP contribution in [0.2, 0.25) is 0 Å². The first kappa shape index (κ1) is 70.3. The maximum Gasteiger partial charge on any atom is 0.164 e. The molecule has 0 amide bonds. The first-order valence-corrected chi connectivity index (χ1v) is 39.5. The maximum absolute atomic E-state index is 5.44. The summed E-state index contributed by atoms with van der Waals surface area (Å²) in [6.07, 6.45) is 0. The number of nitrogens with zero attached hydrogens (tertiary/aromatic N) is 8. The molecule has 2 aliphatic rings. The molecule has 548 valence electrons. The molecule has 0 atom stereocenters. The molecule has 8 nitrogen and oxygen atoms in total. The molecule has 15 aromatic carbocycles. The molecule has 0 unspecified atom stereocenters. The topological polar surface area (TPSA) is 103 Å². The van der Waals surface area contributed by atoms with Crippen molar-refractivity contribution < 1.29 is 0 Å². The van der Waals surface area contributed by atoms with E-state index in [0.29, 0.717) is 34.9 Å². The van der Waals surface area contributed by atoms with Gasteiger partial charge in [-0.3, -0.25) is 0 Å². The summed E-state index contributed by atoms with van der Waals surface area (Å²) in [6, 6.07) is 136. The van der Waals surface area contributed by atoms with Crippen molar-refractivity contribution in [3.63, 3.8) is 0 Å². The Bertz CT molecular complexity index is 6990. The lowest BCUT2D eigenvalue weighted by Gasteiger charge is -2.22. The Hall–Kier alpha value is -14.9. The Morgan fingerprint density at radius 2 is 0.440 bits per heavy atom. The summed E-state index contributed by atoms with van der Waals surface area (Å²) in [4.78, 5) is 41.7. The molecule has 0 saturated carbocycles. The molecule has 4 aromatic heterocycles. The lowest BCUT2D eigenvalue weighted by atomic mass is 9.82. The van der Waals surface area contributed by atoms with Crippen molar-refractivity contribution in [2.24, 2.45) is 0 Å². The normalized spacial score (nSPS) is 12.6. The van der Waals surface area contributed by atoms with Crippen LogP contribution in [-0.2, 0) is 10.8 Å². The van der Waals surface area contributed by atoms with Crippen molar-refractivity contribution in [1.29, 1.82) is 0 Å². The first-order valence-electron chi connectivity index (χ1n) is 39.5. The summed E-state index contributed by atoms with van der Waals surface area (Å²) in [6.45, 7) is 9.29. The zero-order chi connectivity index (χ0) is 77.9. The van der Waals surface area contributed by atoms with E-state index in [0.717, 1.165) is 128 Å². The molecule has 4 heterocycles. The molecule has 0 spiro atoms. The van der Waals surface area contributed by atoms with Crippen molar-refractivity contribution in [2.75, 3.05) is 0 Å². The molecule has 116 heavy (non-hydrogen) atoms. The monoisotopic (exact) mass is 1480 g/mol. The van der Waals surface area contributed by atoms with Gasteiger partial charge in [0.15, 0.2) is 34.9 Å². The van der Waals surface area contributed by atoms with Crippen LogP contribution < -0.4 is 0 Å². The van der Waals surface area contributed by atoms with Crippen molar-refractivity contribution in [3.05, 3.63) is 411 Å². The van der Waals surface area contributed by atoms with Gasteiger partial charge in [0, 0.05) is 66.1 Å². The van der Waals surface area contributed by atoms with E-state index in [2.05, 4.69) is 349 Å². The SMILES string of the molecule is CC1(C)c2ccccc2-c2cc3c(-c4cccc(-c5nc(-c6ccccc6)nc(-c6ccccc6-c6ccccc6)n5)c4)cc(-c4cccc(-c5ccccc5)c4)nc3cc21.CC1(C)c2ccccc2-c2cc3c(-c4cccc(-c5nc(-c6ccccc6)nc(-c6ccccc6-c6ccccc6)n5)c4)cc(-c4ccccc4)nc3cc21. The second-order valence-electron chi connectivity index (χ2n) is 30.9. The third kappa shape index (κ3) is 13.0. The van der Waals surface area contributed by atoms with Gasteiger partial charge in [-0.05, 0) is 155 Å². The minimum atomic E-state index is -0.156. The second kappa shape index (κ2) is 29.3. The number of benzene rings is 15. The van der Waals surface area contributed by atoms with Crippen LogP contribution in [0, 0.1) is 0 Å². The fraction of sp³-hybridized carbons (Fsp3) is 0.0556. The zero-order valence-electron chi connectivity index (χ0n) is 64.5. The molecular weight excluding hydrogens is 1410 g/mol. The number of pyridine rings is 2. The van der Waals surface area contributed by atoms with E-state index in [4.69, 9.17) is 39.9 Å². The average Bonchev–Trinajstić information content (AvgIpc) is 1.56. The quantitative estimate of drug-likeness (QED) is 0.112. The highest BCUT2D eigenvalue weighted by Crippen LogP contribution is 2.53. The molecule has 0 radical (unpaired) electrons. The Balaban J connectivity index is 0.000000150. The molecule has 0 aliphatic heterocycles. The van der Waals surface area contributed by atoms with Gasteiger partial charge in [0.25, 0.3) is 0 Å². The van der Waals surface area contributed by atoms with Gasteiger partial charge in [-0.1, -0.05) is 361 Å². The van der Waals surface area contributed by atoms with Crippen LogP contribution >= 0.6 is 0 Å². The smallest absolute Gasteiger partial charge is 0.164 e. The summed E-state index contributed by atoms with van der Waals surface area (Å²) in [5.74, 6) is 3.74. The number of hydrogen-bond donors (Lipinski definition) is 0. The van der Waals surface area contributed by atoms with E-state index in [9.17, 15) is 0 Å². The standard InChI is InChI=1S/C57H40N4.C51H36N4/c1-57(2)50-31-15-14-29-45(50)48-34-49-47(35-52(58-53(49)36-51(48)57)42-26-16-24-40(32-42)37-18-6-3-7-19-37)41-25-17-27-43(33-41)55-59-54(39-22-10-5-11-23-39)60-56(61-55)46-30-13-12-28-44(46)38-20-8-4-9-21-38;1-51(2)44-28-15-14-26-39(44)42-30-43-41(31-46(34-19-8-4-9-20-34)52-47(43)32-45(42)51)36-23-16-24-37(29-36)49-53-48(35-21-10-5-11-22-35)54-50(55-49)40-27-13-12-25-38(40)33-17-6-3-7-18-33/h3-36H,1-2H3;3-32H,1-2H3. The minimum absolute atomic E-state index is 0.128. The Labute approximate surface area is 675 Å². The van der Waals surface area contributed by atoms with Gasteiger partial charge in [-0.15, -0.1) is 0 Å². The van der Waals surface area contributed by atoms with Crippen molar-refractivity contribution in [3.8, 4) is 169 Å². The van der Waals surface area contributed by atoms with Crippen molar-refractivity contribution >= 4 is 21.8 Å². The highest BCUT2D eigenvalue weighted by Gasteiger charge is 2.38. The molecular formula is C108H76N8. The van der Waals surface area contributed by atoms with Crippen LogP contribution in [0.25, 0.3) is 191 Å². The van der Waals surface area contributed by atoms with E-state index >= 15 is 0 Å². The Morgan fingerprint density at radius 3 is 0.853 bits per heavy atom. The van der Waals surface area contributed by atoms with Gasteiger partial charge in [0.2, 0.25) is 0 Å². The third-order valence-electron chi connectivity index (χ3n) is 23.1. The predicted molar refractivity (Wildman–Crippen MR) is 476 cm³/mol. The van der Waals surface area contributed by atoms with E-state index in [1.54, 1.807) is 0 Å². The van der Waals surface area contributed by atoms with Crippen LogP contribution in [0.15, 0.2) is 388 Å². The Morgan fingerprint density at radius 1 is 0.155 bits per heavy atom. The highest BCUT2D eigenvalue weighted by atomic mass is 15.0. The van der Waals surface area contributed by atoms with Crippen LogP contribution in [0.1, 0.15) is 49.9 Å². The fourth-order valence-electron chi connectivity index (χ4n) is 17.1. The molecule has 0 saturated heterocycles. The van der Waals surface area contributed by atoms with Gasteiger partial charge in [-0.2, -0.15) is 0 Å². The summed E-state index contributed by atoms with van der Waals surface area (Å²) in [5.41, 5.74) is 32.7. The van der Waals surface area contributed by atoms with Crippen molar-refractivity contribution in [2.45, 2.75) is 38.5 Å². The summed E-state index contributed by atoms with van der Waals surface area (Å²) < 4.78 is 0. The minimum Gasteiger partial charge on any atom is -0.248 e. The number of rotatable bonds is 13. The van der Waals surface area contributed by atoms with Crippen molar-refractivity contribution in [1.82, 2.24) is 39.9 Å². The molecule has 19 aromatic rings. The summed E-state index contributed by atoms with van der Waals surface area (Å²) in [5, 5.41) is 2.21. The third-order valence-corrected chi connectivity index (χ3v) is 23.1. The lowest BCUT2D eigenvalue weighted by molar-refractivity contribution is 0.661. The maximum atomic E-state index is 5.44. The molecule has 0 fully saturated rings. The number of hydrogen-bond acceptors (Lipinski definition) is 8. The number of fused-ring (bicyclic) bond motifs is 8. The van der Waals surface area contributed by atoms with Crippen LogP contribution in [0.3, 0.4) is 0 Å². The molecule has 0 bridgehead atoms. The van der Waals surface area contributed by atoms with Gasteiger partial charge in [-0.25, -0.2) is 39.9 Å². The average molecular weight is 1490 g/mol. The summed E-state index contributed by atoms with van der Waals surface area (Å²) >= 11 is 0. The molecule has 21 rings (SSSR count). The predicted octanol–water partition coefficient (Wildman–Crippen LogP) is 27.1. The zero-order valence-corrected chi connectivity index (χ0v) is 64.5. The lowest BCUT2D eigenvalue weighted by Crippen LogP contribution is -2.14. The van der Waals surface area contributed by atoms with E-state index in [-0.39, 0.29) is 10.8 Å². The van der Waals surface area contributed by atoms with Crippen LogP contribution in [0.5, 0.6) is 0 Å². The van der Waals surface area contributed by atoms with Gasteiger partial charge >= 0.3 is 0 Å². The van der Waals surface area contributed by atoms with Gasteiger partial charge in [0.05, 0.1) is 22.4 Å². The second-order valence-corrected chi connectivity index (χ2v) is 30.9. The highest BCUT2D eigenvalue weighted by molar-refractivity contribution is 6.04.